The Balaban J connectivity index is 1.22. The van der Waals surface area contributed by atoms with E-state index in [9.17, 15) is 9.90 Å². The number of hydrogen-bond donors (Lipinski definition) is 1. The molecule has 32 heavy (non-hydrogen) atoms. The number of Topliss-reactive ketones (excluding diaryl/α,β-unsaturated/α-hetero) is 1. The van der Waals surface area contributed by atoms with E-state index in [0.717, 1.165) is 35.2 Å². The van der Waals surface area contributed by atoms with Crippen LogP contribution in [-0.4, -0.2) is 32.5 Å². The number of benzene rings is 3. The van der Waals surface area contributed by atoms with E-state index in [1.807, 2.05) is 48.5 Å². The molecule has 0 bridgehead atoms. The Bertz CT molecular complexity index is 1200. The number of ether oxygens (including phenoxy) is 1. The summed E-state index contributed by atoms with van der Waals surface area (Å²) in [5.74, 6) is 1.83. The van der Waals surface area contributed by atoms with Gasteiger partial charge in [0.05, 0.1) is 6.61 Å². The number of aromatic hydroxyl groups is 1. The second kappa shape index (κ2) is 8.83. The SMILES string of the molecule is O=C1CCC(c2ccc(OCCc3ccc(O)c(-n4nc5ccccc5n4)c3)cc2)CC1. The minimum Gasteiger partial charge on any atom is -0.506 e. The fourth-order valence-electron chi connectivity index (χ4n) is 4.25. The molecule has 0 amide bonds. The summed E-state index contributed by atoms with van der Waals surface area (Å²) in [7, 11) is 0. The molecule has 1 N–H and O–H groups in total. The summed E-state index contributed by atoms with van der Waals surface area (Å²) in [5, 5.41) is 19.2. The number of nitrogens with zero attached hydrogens (tertiary/aromatic N) is 3. The second-order valence-electron chi connectivity index (χ2n) is 8.28. The Morgan fingerprint density at radius 1 is 0.938 bits per heavy atom. The number of ketones is 1. The van der Waals surface area contributed by atoms with E-state index in [1.54, 1.807) is 6.07 Å². The largest absolute Gasteiger partial charge is 0.506 e. The molecule has 1 aliphatic rings. The Hall–Kier alpha value is -3.67. The minimum absolute atomic E-state index is 0.134. The van der Waals surface area contributed by atoms with Gasteiger partial charge in [0.15, 0.2) is 0 Å². The molecule has 162 valence electrons. The number of rotatable bonds is 6. The summed E-state index contributed by atoms with van der Waals surface area (Å²) in [4.78, 5) is 12.9. The van der Waals surface area contributed by atoms with Crippen LogP contribution < -0.4 is 4.74 Å². The molecule has 1 aromatic heterocycles. The van der Waals surface area contributed by atoms with E-state index in [2.05, 4.69) is 22.3 Å². The van der Waals surface area contributed by atoms with Gasteiger partial charge in [0.1, 0.15) is 34.0 Å². The monoisotopic (exact) mass is 427 g/mol. The van der Waals surface area contributed by atoms with E-state index in [-0.39, 0.29) is 5.75 Å². The highest BCUT2D eigenvalue weighted by Gasteiger charge is 2.20. The van der Waals surface area contributed by atoms with Crippen molar-refractivity contribution in [2.45, 2.75) is 38.0 Å². The van der Waals surface area contributed by atoms with Gasteiger partial charge in [0.2, 0.25) is 0 Å². The Kier molecular flexibility index (Phi) is 5.58. The third-order valence-electron chi connectivity index (χ3n) is 6.10. The summed E-state index contributed by atoms with van der Waals surface area (Å²) in [6.07, 6.45) is 3.98. The molecule has 3 aromatic carbocycles. The molecule has 0 spiro atoms. The van der Waals surface area contributed by atoms with E-state index in [4.69, 9.17) is 4.74 Å². The van der Waals surface area contributed by atoms with Crippen LogP contribution in [0.2, 0.25) is 0 Å². The zero-order chi connectivity index (χ0) is 21.9. The lowest BCUT2D eigenvalue weighted by Crippen LogP contribution is -2.12. The maximum atomic E-state index is 11.4. The van der Waals surface area contributed by atoms with Crippen molar-refractivity contribution in [1.29, 1.82) is 0 Å². The highest BCUT2D eigenvalue weighted by Crippen LogP contribution is 2.32. The number of carbonyl (C=O) groups excluding carboxylic acids is 1. The number of aromatic nitrogens is 3. The van der Waals surface area contributed by atoms with Gasteiger partial charge in [-0.1, -0.05) is 30.3 Å². The molecule has 0 unspecified atom stereocenters. The maximum absolute atomic E-state index is 11.4. The van der Waals surface area contributed by atoms with Gasteiger partial charge in [-0.05, 0) is 66.3 Å². The normalized spacial score (nSPS) is 14.7. The number of hydrogen-bond acceptors (Lipinski definition) is 5. The maximum Gasteiger partial charge on any atom is 0.143 e. The lowest BCUT2D eigenvalue weighted by atomic mass is 9.83. The summed E-state index contributed by atoms with van der Waals surface area (Å²) >= 11 is 0. The summed E-state index contributed by atoms with van der Waals surface area (Å²) in [6, 6.07) is 21.3. The number of phenolic OH excluding ortho intramolecular Hbond substituents is 1. The van der Waals surface area contributed by atoms with Gasteiger partial charge in [-0.25, -0.2) is 0 Å². The van der Waals surface area contributed by atoms with Gasteiger partial charge in [-0.3, -0.25) is 4.79 Å². The zero-order valence-electron chi connectivity index (χ0n) is 17.8. The first-order chi connectivity index (χ1) is 15.7. The Morgan fingerprint density at radius 3 is 2.31 bits per heavy atom. The molecule has 6 heteroatoms. The molecule has 1 aliphatic carbocycles. The number of carbonyl (C=O) groups is 1. The standard InChI is InChI=1S/C26H25N3O3/c30-21-10-6-19(7-11-21)20-8-12-22(13-9-20)32-16-15-18-5-14-26(31)25(17-18)29-27-23-3-1-2-4-24(23)28-29/h1-5,8-9,12-14,17,19,31H,6-7,10-11,15-16H2. The molecule has 6 nitrogen and oxygen atoms in total. The van der Waals surface area contributed by atoms with Crippen molar-refractivity contribution < 1.29 is 14.6 Å². The van der Waals surface area contributed by atoms with Gasteiger partial charge in [-0.15, -0.1) is 15.0 Å². The van der Waals surface area contributed by atoms with Crippen LogP contribution in [0.25, 0.3) is 16.7 Å². The second-order valence-corrected chi connectivity index (χ2v) is 8.28. The third kappa shape index (κ3) is 4.35. The average Bonchev–Trinajstić information content (AvgIpc) is 3.25. The highest BCUT2D eigenvalue weighted by atomic mass is 16.5. The van der Waals surface area contributed by atoms with Gasteiger partial charge >= 0.3 is 0 Å². The molecule has 0 radical (unpaired) electrons. The van der Waals surface area contributed by atoms with Gasteiger partial charge in [0, 0.05) is 19.3 Å². The third-order valence-corrected chi connectivity index (χ3v) is 6.10. The van der Waals surface area contributed by atoms with Crippen molar-refractivity contribution in [3.63, 3.8) is 0 Å². The van der Waals surface area contributed by atoms with E-state index < -0.39 is 0 Å². The highest BCUT2D eigenvalue weighted by molar-refractivity contribution is 5.79. The molecule has 0 saturated heterocycles. The van der Waals surface area contributed by atoms with Crippen LogP contribution in [0.3, 0.4) is 0 Å². The van der Waals surface area contributed by atoms with E-state index >= 15 is 0 Å². The summed E-state index contributed by atoms with van der Waals surface area (Å²) < 4.78 is 5.94. The van der Waals surface area contributed by atoms with E-state index in [1.165, 1.54) is 10.4 Å². The van der Waals surface area contributed by atoms with Crippen LogP contribution >= 0.6 is 0 Å². The van der Waals surface area contributed by atoms with Crippen molar-refractivity contribution >= 4 is 16.8 Å². The van der Waals surface area contributed by atoms with Crippen LogP contribution in [0.15, 0.2) is 66.7 Å². The molecule has 5 rings (SSSR count). The molecular weight excluding hydrogens is 402 g/mol. The van der Waals surface area contributed by atoms with Gasteiger partial charge < -0.3 is 9.84 Å². The molecular formula is C26H25N3O3. The van der Waals surface area contributed by atoms with Crippen molar-refractivity contribution in [2.24, 2.45) is 0 Å². The van der Waals surface area contributed by atoms with Crippen LogP contribution in [0.5, 0.6) is 11.5 Å². The van der Waals surface area contributed by atoms with Crippen molar-refractivity contribution in [3.8, 4) is 17.2 Å². The molecule has 1 fully saturated rings. The first-order valence-corrected chi connectivity index (χ1v) is 11.0. The van der Waals surface area contributed by atoms with Gasteiger partial charge in [-0.2, -0.15) is 0 Å². The fraction of sp³-hybridized carbons (Fsp3) is 0.269. The first kappa shape index (κ1) is 20.2. The molecule has 4 aromatic rings. The smallest absolute Gasteiger partial charge is 0.143 e. The molecule has 1 saturated carbocycles. The first-order valence-electron chi connectivity index (χ1n) is 11.0. The number of phenols is 1. The quantitative estimate of drug-likeness (QED) is 0.470. The summed E-state index contributed by atoms with van der Waals surface area (Å²) in [6.45, 7) is 0.524. The topological polar surface area (TPSA) is 77.2 Å². The molecule has 1 heterocycles. The predicted octanol–water partition coefficient (Wildman–Crippen LogP) is 4.97. The number of fused-ring (bicyclic) bond motifs is 1. The van der Waals surface area contributed by atoms with Gasteiger partial charge in [0.25, 0.3) is 0 Å². The lowest BCUT2D eigenvalue weighted by Gasteiger charge is -2.21. The van der Waals surface area contributed by atoms with E-state index in [0.29, 0.717) is 43.3 Å². The van der Waals surface area contributed by atoms with Crippen molar-refractivity contribution in [2.75, 3.05) is 6.61 Å². The lowest BCUT2D eigenvalue weighted by molar-refractivity contribution is -0.120. The minimum atomic E-state index is 0.134. The van der Waals surface area contributed by atoms with Crippen molar-refractivity contribution in [3.05, 3.63) is 77.9 Å². The van der Waals surface area contributed by atoms with Crippen LogP contribution in [-0.2, 0) is 11.2 Å². The van der Waals surface area contributed by atoms with Crippen LogP contribution in [0.4, 0.5) is 0 Å². The molecule has 0 aliphatic heterocycles. The van der Waals surface area contributed by atoms with Crippen molar-refractivity contribution in [1.82, 2.24) is 15.0 Å². The fourth-order valence-corrected chi connectivity index (χ4v) is 4.25. The molecule has 0 atom stereocenters. The predicted molar refractivity (Wildman–Crippen MR) is 122 cm³/mol. The zero-order valence-corrected chi connectivity index (χ0v) is 17.8. The summed E-state index contributed by atoms with van der Waals surface area (Å²) in [5.41, 5.74) is 4.43. The van der Waals surface area contributed by atoms with Crippen LogP contribution in [0.1, 0.15) is 42.7 Å². The Morgan fingerprint density at radius 2 is 1.62 bits per heavy atom. The Labute approximate surface area is 186 Å². The average molecular weight is 428 g/mol. The van der Waals surface area contributed by atoms with Crippen LogP contribution in [0, 0.1) is 0 Å².